The lowest BCUT2D eigenvalue weighted by Gasteiger charge is -2.07. The smallest absolute Gasteiger partial charge is 0.238 e. The molecule has 0 saturated heterocycles. The lowest BCUT2D eigenvalue weighted by molar-refractivity contribution is -0.115. The molecule has 16 heavy (non-hydrogen) atoms. The minimum atomic E-state index is -0.121. The molecule has 0 aliphatic heterocycles. The van der Waals surface area contributed by atoms with Gasteiger partial charge in [0, 0.05) is 16.0 Å². The van der Waals surface area contributed by atoms with E-state index in [0.717, 1.165) is 10.2 Å². The van der Waals surface area contributed by atoms with E-state index in [1.807, 2.05) is 24.3 Å². The van der Waals surface area contributed by atoms with Crippen molar-refractivity contribution in [2.24, 2.45) is 0 Å². The highest BCUT2D eigenvalue weighted by Crippen LogP contribution is 2.20. The van der Waals surface area contributed by atoms with Crippen LogP contribution in [0.1, 0.15) is 0 Å². The Morgan fingerprint density at radius 1 is 1.38 bits per heavy atom. The fourth-order valence-electron chi connectivity index (χ4n) is 1.07. The number of halogens is 2. The van der Waals surface area contributed by atoms with Gasteiger partial charge in [0.2, 0.25) is 5.91 Å². The fourth-order valence-corrected chi connectivity index (χ4v) is 1.55. The molecule has 0 fully saturated rings. The van der Waals surface area contributed by atoms with Gasteiger partial charge < -0.3 is 10.6 Å². The van der Waals surface area contributed by atoms with Crippen molar-refractivity contribution in [1.82, 2.24) is 5.32 Å². The topological polar surface area (TPSA) is 41.1 Å². The van der Waals surface area contributed by atoms with Gasteiger partial charge in [-0.05, 0) is 28.1 Å². The molecular weight excluding hydrogens is 291 g/mol. The van der Waals surface area contributed by atoms with Crippen LogP contribution >= 0.6 is 27.5 Å². The van der Waals surface area contributed by atoms with Crippen molar-refractivity contribution in [3.8, 4) is 0 Å². The number of para-hydroxylation sites is 1. The Bertz CT molecular complexity index is 395. The van der Waals surface area contributed by atoms with Gasteiger partial charge in [-0.15, -0.1) is 0 Å². The van der Waals surface area contributed by atoms with Crippen molar-refractivity contribution in [1.29, 1.82) is 0 Å². The molecule has 0 radical (unpaired) electrons. The number of anilines is 1. The van der Waals surface area contributed by atoms with Gasteiger partial charge in [0.1, 0.15) is 0 Å². The molecule has 0 saturated carbocycles. The summed E-state index contributed by atoms with van der Waals surface area (Å²) in [5.74, 6) is -0.121. The monoisotopic (exact) mass is 302 g/mol. The van der Waals surface area contributed by atoms with Gasteiger partial charge in [0.15, 0.2) is 0 Å². The van der Waals surface area contributed by atoms with E-state index in [1.165, 1.54) is 0 Å². The van der Waals surface area contributed by atoms with Gasteiger partial charge in [0.25, 0.3) is 0 Å². The third-order valence-electron chi connectivity index (χ3n) is 1.75. The van der Waals surface area contributed by atoms with E-state index in [1.54, 1.807) is 0 Å². The molecule has 1 rings (SSSR count). The summed E-state index contributed by atoms with van der Waals surface area (Å²) in [5.41, 5.74) is 0.749. The summed E-state index contributed by atoms with van der Waals surface area (Å²) in [6, 6.07) is 7.43. The van der Waals surface area contributed by atoms with E-state index in [2.05, 4.69) is 33.1 Å². The van der Waals surface area contributed by atoms with E-state index >= 15 is 0 Å². The fraction of sp³-hybridized carbons (Fsp3) is 0.182. The van der Waals surface area contributed by atoms with Crippen LogP contribution in [0.3, 0.4) is 0 Å². The third-order valence-corrected chi connectivity index (χ3v) is 2.58. The summed E-state index contributed by atoms with van der Waals surface area (Å²) in [4.78, 5) is 11.5. The molecule has 0 bridgehead atoms. The number of carbonyl (C=O) groups excluding carboxylic acids is 1. The molecule has 0 aliphatic rings. The summed E-state index contributed by atoms with van der Waals surface area (Å²) in [5, 5.41) is 6.11. The van der Waals surface area contributed by atoms with Crippen molar-refractivity contribution in [3.63, 3.8) is 0 Å². The second-order valence-electron chi connectivity index (χ2n) is 3.15. The highest BCUT2D eigenvalue weighted by Gasteiger charge is 2.04. The largest absolute Gasteiger partial charge is 0.324 e. The zero-order valence-electron chi connectivity index (χ0n) is 8.59. The van der Waals surface area contributed by atoms with Crippen molar-refractivity contribution >= 4 is 39.1 Å². The number of benzene rings is 1. The van der Waals surface area contributed by atoms with Crippen molar-refractivity contribution in [3.05, 3.63) is 40.3 Å². The molecule has 3 nitrogen and oxygen atoms in total. The molecule has 0 heterocycles. The van der Waals surface area contributed by atoms with Gasteiger partial charge in [-0.25, -0.2) is 0 Å². The zero-order valence-corrected chi connectivity index (χ0v) is 10.9. The first-order chi connectivity index (χ1) is 7.59. The maximum atomic E-state index is 11.5. The lowest BCUT2D eigenvalue weighted by atomic mass is 10.3. The molecule has 1 aromatic rings. The molecule has 0 aliphatic carbocycles. The minimum Gasteiger partial charge on any atom is -0.324 e. The van der Waals surface area contributed by atoms with Crippen molar-refractivity contribution in [2.45, 2.75) is 0 Å². The number of amides is 1. The highest BCUT2D eigenvalue weighted by atomic mass is 79.9. The Labute approximate surface area is 108 Å². The SMILES string of the molecule is C=C(Cl)CNCC(=O)Nc1ccccc1Br. The van der Waals surface area contributed by atoms with Crippen LogP contribution in [0, 0.1) is 0 Å². The first-order valence-electron chi connectivity index (χ1n) is 4.68. The summed E-state index contributed by atoms with van der Waals surface area (Å²) < 4.78 is 0.852. The molecule has 2 N–H and O–H groups in total. The molecular formula is C11H12BrClN2O. The minimum absolute atomic E-state index is 0.121. The molecule has 5 heteroatoms. The van der Waals surface area contributed by atoms with Crippen LogP contribution < -0.4 is 10.6 Å². The Balaban J connectivity index is 2.40. The van der Waals surface area contributed by atoms with Crippen LogP contribution in [0.4, 0.5) is 5.69 Å². The molecule has 0 aromatic heterocycles. The number of carbonyl (C=O) groups is 1. The van der Waals surface area contributed by atoms with Gasteiger partial charge in [-0.2, -0.15) is 0 Å². The third kappa shape index (κ3) is 4.79. The first kappa shape index (κ1) is 13.2. The summed E-state index contributed by atoms with van der Waals surface area (Å²) in [7, 11) is 0. The quantitative estimate of drug-likeness (QED) is 0.878. The number of hydrogen-bond donors (Lipinski definition) is 2. The summed E-state index contributed by atoms with van der Waals surface area (Å²) >= 11 is 8.90. The Hall–Kier alpha value is -0.840. The Morgan fingerprint density at radius 3 is 2.69 bits per heavy atom. The van der Waals surface area contributed by atoms with E-state index in [-0.39, 0.29) is 12.5 Å². The van der Waals surface area contributed by atoms with Crippen LogP contribution in [-0.2, 0) is 4.79 Å². The molecule has 86 valence electrons. The molecule has 1 aromatic carbocycles. The second-order valence-corrected chi connectivity index (χ2v) is 4.54. The zero-order chi connectivity index (χ0) is 12.0. The number of hydrogen-bond acceptors (Lipinski definition) is 2. The standard InChI is InChI=1S/C11H12BrClN2O/c1-8(13)6-14-7-11(16)15-10-5-3-2-4-9(10)12/h2-5,14H,1,6-7H2,(H,15,16). The van der Waals surface area contributed by atoms with E-state index < -0.39 is 0 Å². The van der Waals surface area contributed by atoms with Gasteiger partial charge in [0.05, 0.1) is 12.2 Å². The maximum Gasteiger partial charge on any atom is 0.238 e. The van der Waals surface area contributed by atoms with Crippen LogP contribution in [0.15, 0.2) is 40.3 Å². The highest BCUT2D eigenvalue weighted by molar-refractivity contribution is 9.10. The van der Waals surface area contributed by atoms with Gasteiger partial charge >= 0.3 is 0 Å². The molecule has 0 atom stereocenters. The average molecular weight is 304 g/mol. The summed E-state index contributed by atoms with van der Waals surface area (Å²) in [6.07, 6.45) is 0. The number of rotatable bonds is 5. The molecule has 0 spiro atoms. The van der Waals surface area contributed by atoms with Crippen molar-refractivity contribution in [2.75, 3.05) is 18.4 Å². The Morgan fingerprint density at radius 2 is 2.06 bits per heavy atom. The van der Waals surface area contributed by atoms with Crippen LogP contribution in [-0.4, -0.2) is 19.0 Å². The van der Waals surface area contributed by atoms with Crippen molar-refractivity contribution < 1.29 is 4.79 Å². The normalized spacial score (nSPS) is 9.88. The second kappa shape index (κ2) is 6.68. The predicted molar refractivity (Wildman–Crippen MR) is 70.6 cm³/mol. The maximum absolute atomic E-state index is 11.5. The molecule has 1 amide bonds. The van der Waals surface area contributed by atoms with Crippen LogP contribution in [0.2, 0.25) is 0 Å². The Kier molecular flexibility index (Phi) is 5.52. The van der Waals surface area contributed by atoms with Crippen LogP contribution in [0.25, 0.3) is 0 Å². The molecule has 0 unspecified atom stereocenters. The first-order valence-corrected chi connectivity index (χ1v) is 5.85. The predicted octanol–water partition coefficient (Wildman–Crippen LogP) is 2.73. The van der Waals surface area contributed by atoms with Gasteiger partial charge in [-0.3, -0.25) is 4.79 Å². The number of nitrogens with one attached hydrogen (secondary N) is 2. The van der Waals surface area contributed by atoms with E-state index in [9.17, 15) is 4.79 Å². The summed E-state index contributed by atoms with van der Waals surface area (Å²) in [6.45, 7) is 4.14. The van der Waals surface area contributed by atoms with E-state index in [4.69, 9.17) is 11.6 Å². The van der Waals surface area contributed by atoms with Gasteiger partial charge in [-0.1, -0.05) is 30.3 Å². The van der Waals surface area contributed by atoms with Crippen LogP contribution in [0.5, 0.6) is 0 Å². The average Bonchev–Trinajstić information content (AvgIpc) is 2.21. The van der Waals surface area contributed by atoms with E-state index in [0.29, 0.717) is 11.6 Å². The lowest BCUT2D eigenvalue weighted by Crippen LogP contribution is -2.28.